The van der Waals surface area contributed by atoms with E-state index in [1.165, 1.54) is 23.5 Å². The van der Waals surface area contributed by atoms with E-state index in [-0.39, 0.29) is 17.4 Å². The molecule has 1 saturated heterocycles. The summed E-state index contributed by atoms with van der Waals surface area (Å²) in [7, 11) is -2.32. The number of fused-ring (bicyclic) bond motifs is 1. The second-order valence-corrected chi connectivity index (χ2v) is 9.78. The Kier molecular flexibility index (Phi) is 6.45. The molecule has 0 spiro atoms. The van der Waals surface area contributed by atoms with Crippen molar-refractivity contribution in [2.24, 2.45) is 0 Å². The normalized spacial score (nSPS) is 18.2. The maximum Gasteiger partial charge on any atom is 0.267 e. The van der Waals surface area contributed by atoms with Gasteiger partial charge in [0, 0.05) is 26.2 Å². The summed E-state index contributed by atoms with van der Waals surface area (Å²) in [5, 5.41) is 0. The predicted octanol–water partition coefficient (Wildman–Crippen LogP) is 3.06. The van der Waals surface area contributed by atoms with Gasteiger partial charge >= 0.3 is 0 Å². The van der Waals surface area contributed by atoms with E-state index in [4.69, 9.17) is 14.2 Å². The highest BCUT2D eigenvalue weighted by atomic mass is 32.2. The van der Waals surface area contributed by atoms with Crippen LogP contribution in [0.25, 0.3) is 0 Å². The Bertz CT molecular complexity index is 1060. The topological polar surface area (TPSA) is 85.4 Å². The highest BCUT2D eigenvalue weighted by Gasteiger charge is 2.33. The zero-order valence-electron chi connectivity index (χ0n) is 18.3. The van der Waals surface area contributed by atoms with Crippen molar-refractivity contribution in [3.8, 4) is 17.2 Å². The van der Waals surface area contributed by atoms with Crippen LogP contribution in [0, 0.1) is 0 Å². The highest BCUT2D eigenvalue weighted by Crippen LogP contribution is 2.36. The molecule has 2 heterocycles. The molecule has 32 heavy (non-hydrogen) atoms. The van der Waals surface area contributed by atoms with Crippen LogP contribution >= 0.6 is 0 Å². The number of ether oxygens (including phenoxy) is 3. The fraction of sp³-hybridized carbons (Fsp3) is 0.435. The van der Waals surface area contributed by atoms with Crippen molar-refractivity contribution in [3.63, 3.8) is 0 Å². The minimum Gasteiger partial charge on any atom is -0.494 e. The number of amides is 1. The quantitative estimate of drug-likeness (QED) is 0.659. The van der Waals surface area contributed by atoms with Crippen molar-refractivity contribution in [2.45, 2.75) is 37.2 Å². The van der Waals surface area contributed by atoms with Crippen LogP contribution in [-0.2, 0) is 14.8 Å². The van der Waals surface area contributed by atoms with E-state index in [0.717, 1.165) is 32.4 Å². The van der Waals surface area contributed by atoms with E-state index in [0.29, 0.717) is 29.5 Å². The third-order valence-electron chi connectivity index (χ3n) is 5.69. The van der Waals surface area contributed by atoms with Crippen LogP contribution < -0.4 is 18.5 Å². The van der Waals surface area contributed by atoms with Gasteiger partial charge in [-0.15, -0.1) is 0 Å². The van der Waals surface area contributed by atoms with Gasteiger partial charge in [-0.3, -0.25) is 9.10 Å². The van der Waals surface area contributed by atoms with Crippen molar-refractivity contribution in [2.75, 3.05) is 37.7 Å². The molecule has 0 saturated carbocycles. The fourth-order valence-electron chi connectivity index (χ4n) is 3.87. The van der Waals surface area contributed by atoms with Gasteiger partial charge in [-0.2, -0.15) is 0 Å². The molecule has 1 atom stereocenters. The number of anilines is 1. The number of piperidine rings is 1. The highest BCUT2D eigenvalue weighted by molar-refractivity contribution is 7.92. The molecule has 8 nitrogen and oxygen atoms in total. The zero-order valence-corrected chi connectivity index (χ0v) is 19.1. The summed E-state index contributed by atoms with van der Waals surface area (Å²) >= 11 is 0. The Morgan fingerprint density at radius 1 is 1.09 bits per heavy atom. The van der Waals surface area contributed by atoms with Crippen LogP contribution in [0.1, 0.15) is 26.2 Å². The number of carbonyl (C=O) groups excluding carboxylic acids is 1. The van der Waals surface area contributed by atoms with Gasteiger partial charge in [0.2, 0.25) is 6.10 Å². The first-order chi connectivity index (χ1) is 15.4. The molecule has 2 aromatic carbocycles. The van der Waals surface area contributed by atoms with Gasteiger partial charge in [0.05, 0.1) is 17.2 Å². The van der Waals surface area contributed by atoms with E-state index in [1.807, 2.05) is 11.8 Å². The van der Waals surface area contributed by atoms with Gasteiger partial charge in [0.1, 0.15) is 12.4 Å². The number of benzene rings is 2. The SMILES string of the molecule is CCOc1ccc(N(C)S(=O)(=O)c2ccc3c(c2)OCC(C(=O)N2CCCCC2)O3)cc1. The van der Waals surface area contributed by atoms with Crippen molar-refractivity contribution >= 4 is 21.6 Å². The lowest BCUT2D eigenvalue weighted by molar-refractivity contribution is -0.142. The molecule has 4 rings (SSSR count). The maximum atomic E-state index is 13.1. The Morgan fingerprint density at radius 3 is 2.50 bits per heavy atom. The second kappa shape index (κ2) is 9.28. The molecule has 2 aliphatic heterocycles. The van der Waals surface area contributed by atoms with Gasteiger partial charge in [-0.1, -0.05) is 0 Å². The van der Waals surface area contributed by atoms with E-state index in [2.05, 4.69) is 0 Å². The van der Waals surface area contributed by atoms with Gasteiger partial charge in [-0.25, -0.2) is 8.42 Å². The lowest BCUT2D eigenvalue weighted by Crippen LogP contribution is -2.48. The summed E-state index contributed by atoms with van der Waals surface area (Å²) in [4.78, 5) is 14.6. The minimum atomic E-state index is -3.82. The molecule has 1 fully saturated rings. The summed E-state index contributed by atoms with van der Waals surface area (Å²) < 4.78 is 44.5. The summed E-state index contributed by atoms with van der Waals surface area (Å²) in [6.45, 7) is 3.95. The van der Waals surface area contributed by atoms with Crippen LogP contribution in [0.3, 0.4) is 0 Å². The van der Waals surface area contributed by atoms with Crippen LogP contribution in [0.4, 0.5) is 5.69 Å². The first-order valence-electron chi connectivity index (χ1n) is 10.8. The largest absolute Gasteiger partial charge is 0.494 e. The number of rotatable bonds is 6. The Balaban J connectivity index is 1.49. The zero-order chi connectivity index (χ0) is 22.7. The van der Waals surface area contributed by atoms with Crippen molar-refractivity contribution < 1.29 is 27.4 Å². The Hall–Kier alpha value is -2.94. The van der Waals surface area contributed by atoms with E-state index < -0.39 is 16.1 Å². The van der Waals surface area contributed by atoms with E-state index in [1.54, 1.807) is 30.3 Å². The van der Waals surface area contributed by atoms with Crippen LogP contribution in [-0.4, -0.2) is 58.7 Å². The van der Waals surface area contributed by atoms with Crippen LogP contribution in [0.2, 0.25) is 0 Å². The third kappa shape index (κ3) is 4.48. The van der Waals surface area contributed by atoms with Crippen LogP contribution in [0.15, 0.2) is 47.4 Å². The first-order valence-corrected chi connectivity index (χ1v) is 12.3. The smallest absolute Gasteiger partial charge is 0.267 e. The van der Waals surface area contributed by atoms with Crippen molar-refractivity contribution in [1.82, 2.24) is 4.90 Å². The molecule has 172 valence electrons. The summed E-state index contributed by atoms with van der Waals surface area (Å²) in [6.07, 6.45) is 2.42. The fourth-order valence-corrected chi connectivity index (χ4v) is 5.08. The van der Waals surface area contributed by atoms with Crippen molar-refractivity contribution in [1.29, 1.82) is 0 Å². The molecular weight excluding hydrogens is 432 g/mol. The predicted molar refractivity (Wildman–Crippen MR) is 120 cm³/mol. The van der Waals surface area contributed by atoms with Gasteiger partial charge < -0.3 is 19.1 Å². The molecule has 0 radical (unpaired) electrons. The average Bonchev–Trinajstić information content (AvgIpc) is 2.83. The third-order valence-corrected chi connectivity index (χ3v) is 7.47. The van der Waals surface area contributed by atoms with E-state index in [9.17, 15) is 13.2 Å². The lowest BCUT2D eigenvalue weighted by atomic mass is 10.1. The number of nitrogens with zero attached hydrogens (tertiary/aromatic N) is 2. The Labute approximate surface area is 188 Å². The lowest BCUT2D eigenvalue weighted by Gasteiger charge is -2.32. The van der Waals surface area contributed by atoms with Gasteiger partial charge in [0.15, 0.2) is 11.5 Å². The molecular formula is C23H28N2O6S. The average molecular weight is 461 g/mol. The maximum absolute atomic E-state index is 13.1. The summed E-state index contributed by atoms with van der Waals surface area (Å²) in [6, 6.07) is 11.3. The van der Waals surface area contributed by atoms with Gasteiger partial charge in [0.25, 0.3) is 15.9 Å². The second-order valence-electron chi connectivity index (χ2n) is 7.81. The minimum absolute atomic E-state index is 0.0561. The molecule has 0 bridgehead atoms. The molecule has 1 amide bonds. The number of hydrogen-bond donors (Lipinski definition) is 0. The van der Waals surface area contributed by atoms with Crippen LogP contribution in [0.5, 0.6) is 17.2 Å². The molecule has 0 aliphatic carbocycles. The molecule has 0 aromatic heterocycles. The van der Waals surface area contributed by atoms with E-state index >= 15 is 0 Å². The number of sulfonamides is 1. The monoisotopic (exact) mass is 460 g/mol. The number of likely N-dealkylation sites (tertiary alicyclic amines) is 1. The first kappa shape index (κ1) is 22.3. The van der Waals surface area contributed by atoms with Gasteiger partial charge in [-0.05, 0) is 62.6 Å². The Morgan fingerprint density at radius 2 is 1.81 bits per heavy atom. The molecule has 1 unspecified atom stereocenters. The molecule has 2 aliphatic rings. The molecule has 0 N–H and O–H groups in total. The van der Waals surface area contributed by atoms with Crippen molar-refractivity contribution in [3.05, 3.63) is 42.5 Å². The summed E-state index contributed by atoms with van der Waals surface area (Å²) in [5.41, 5.74) is 0.510. The molecule has 2 aromatic rings. The number of carbonyl (C=O) groups is 1. The molecule has 9 heteroatoms. The summed E-state index contributed by atoms with van der Waals surface area (Å²) in [5.74, 6) is 1.28. The standard InChI is InChI=1S/C23H28N2O6S/c1-3-29-18-9-7-17(8-10-18)24(2)32(27,28)19-11-12-20-21(15-19)30-16-22(31-20)23(26)25-13-5-4-6-14-25/h7-12,15,22H,3-6,13-14,16H2,1-2H3. The number of hydrogen-bond acceptors (Lipinski definition) is 6.